The lowest BCUT2D eigenvalue weighted by Crippen LogP contribution is -2.79. The monoisotopic (exact) mass is 720 g/mol. The zero-order valence-electron chi connectivity index (χ0n) is 29.4. The average Bonchev–Trinajstić information content (AvgIpc) is 3.47. The predicted molar refractivity (Wildman–Crippen MR) is 164 cm³/mol. The molecule has 0 aromatic heterocycles. The molecule has 1 spiro atoms. The number of rotatable bonds is 6. The third-order valence-corrected chi connectivity index (χ3v) is 14.1. The van der Waals surface area contributed by atoms with Crippen LogP contribution in [0.15, 0.2) is 24.0 Å². The van der Waals surface area contributed by atoms with Crippen LogP contribution in [0.1, 0.15) is 47.5 Å². The van der Waals surface area contributed by atoms with Gasteiger partial charge in [-0.25, -0.2) is 9.59 Å². The molecule has 3 aliphatic carbocycles. The topological polar surface area (TPSA) is 215 Å². The van der Waals surface area contributed by atoms with Crippen molar-refractivity contribution in [2.24, 2.45) is 34.0 Å². The molecule has 5 aliphatic heterocycles. The molecule has 16 atom stereocenters. The van der Waals surface area contributed by atoms with Crippen molar-refractivity contribution in [3.8, 4) is 0 Å². The molecule has 3 N–H and O–H groups in total. The van der Waals surface area contributed by atoms with Crippen molar-refractivity contribution in [3.63, 3.8) is 0 Å². The lowest BCUT2D eigenvalue weighted by molar-refractivity contribution is -0.314. The summed E-state index contributed by atoms with van der Waals surface area (Å²) in [5.74, 6) is -9.76. The highest BCUT2D eigenvalue weighted by Gasteiger charge is 2.97. The second-order valence-corrected chi connectivity index (χ2v) is 15.8. The predicted octanol–water partition coefficient (Wildman–Crippen LogP) is -0.203. The van der Waals surface area contributed by atoms with Crippen LogP contribution in [0, 0.1) is 34.0 Å². The Kier molecular flexibility index (Phi) is 7.20. The zero-order valence-corrected chi connectivity index (χ0v) is 29.4. The first-order chi connectivity index (χ1) is 23.9. The molecular formula is C35H44O16. The molecule has 4 saturated heterocycles. The maximum atomic E-state index is 14.2. The van der Waals surface area contributed by atoms with Crippen molar-refractivity contribution in [1.82, 2.24) is 0 Å². The van der Waals surface area contributed by atoms with Gasteiger partial charge in [0, 0.05) is 47.5 Å². The van der Waals surface area contributed by atoms with E-state index in [-0.39, 0.29) is 18.4 Å². The van der Waals surface area contributed by atoms with Crippen LogP contribution in [-0.4, -0.2) is 126 Å². The molecular weight excluding hydrogens is 676 g/mol. The van der Waals surface area contributed by atoms with E-state index in [4.69, 9.17) is 42.6 Å². The van der Waals surface area contributed by atoms with Crippen LogP contribution in [0.25, 0.3) is 0 Å². The summed E-state index contributed by atoms with van der Waals surface area (Å²) in [6.45, 7) is 6.88. The Balaban J connectivity index is 1.40. The van der Waals surface area contributed by atoms with E-state index in [1.165, 1.54) is 19.3 Å². The number of ether oxygens (including phenoxy) is 9. The number of allylic oxidation sites excluding steroid dienone is 1. The first kappa shape index (κ1) is 34.9. The molecule has 280 valence electrons. The standard InChI is InChI=1S/C35H44O16/c1-8-15(2)24(38)49-18-12-19(48-16(3)36)32(26(39)43-6)13-46-21-22(32)31(18)14-47-34(42,27(40)44-7)25(31)29(4,23(21)37)35-20-11-17(30(35,5)51-35)33(41)9-10-45-28(33)50-20/h8-10,17-23,25,28,37,41-42H,11-14H2,1-7H3/t17?,18-,19+,20+,21+,22?,23+,25-,28-,29+,30?,31-,32-,33?,34?,35?/m0/s1. The minimum atomic E-state index is -2.82. The highest BCUT2D eigenvalue weighted by molar-refractivity contribution is 5.88. The smallest absolute Gasteiger partial charge is 0.366 e. The summed E-state index contributed by atoms with van der Waals surface area (Å²) >= 11 is 0. The van der Waals surface area contributed by atoms with Crippen molar-refractivity contribution in [3.05, 3.63) is 24.0 Å². The number of epoxide rings is 1. The molecule has 6 unspecified atom stereocenters. The Morgan fingerprint density at radius 1 is 0.961 bits per heavy atom. The molecule has 0 amide bonds. The van der Waals surface area contributed by atoms with Crippen molar-refractivity contribution in [2.75, 3.05) is 27.4 Å². The summed E-state index contributed by atoms with van der Waals surface area (Å²) in [4.78, 5) is 54.4. The van der Waals surface area contributed by atoms with Gasteiger partial charge in [0.05, 0.1) is 52.0 Å². The van der Waals surface area contributed by atoms with E-state index in [9.17, 15) is 34.5 Å². The summed E-state index contributed by atoms with van der Waals surface area (Å²) in [6.07, 6.45) is -3.11. The fourth-order valence-electron chi connectivity index (χ4n) is 12.2. The first-order valence-electron chi connectivity index (χ1n) is 17.2. The minimum Gasteiger partial charge on any atom is -0.469 e. The van der Waals surface area contributed by atoms with Gasteiger partial charge in [0.1, 0.15) is 28.8 Å². The van der Waals surface area contributed by atoms with Crippen molar-refractivity contribution >= 4 is 23.9 Å². The van der Waals surface area contributed by atoms with Crippen LogP contribution in [0.2, 0.25) is 0 Å². The van der Waals surface area contributed by atoms with Gasteiger partial charge in [-0.15, -0.1) is 0 Å². The highest BCUT2D eigenvalue weighted by Crippen LogP contribution is 2.83. The van der Waals surface area contributed by atoms with Crippen LogP contribution in [0.5, 0.6) is 0 Å². The number of esters is 4. The summed E-state index contributed by atoms with van der Waals surface area (Å²) in [5.41, 5.74) is -9.47. The Morgan fingerprint density at radius 3 is 2.31 bits per heavy atom. The molecule has 0 aromatic rings. The van der Waals surface area contributed by atoms with Gasteiger partial charge in [0.2, 0.25) is 6.29 Å². The summed E-state index contributed by atoms with van der Waals surface area (Å²) in [6, 6.07) is 0. The number of aliphatic hydroxyl groups is 3. The Bertz CT molecular complexity index is 1660. The van der Waals surface area contributed by atoms with Crippen LogP contribution >= 0.6 is 0 Å². The Hall–Kier alpha value is -3.12. The van der Waals surface area contributed by atoms with Crippen LogP contribution < -0.4 is 0 Å². The number of carbonyl (C=O) groups is 4. The third-order valence-electron chi connectivity index (χ3n) is 14.1. The maximum absolute atomic E-state index is 14.2. The third kappa shape index (κ3) is 3.65. The Labute approximate surface area is 293 Å². The van der Waals surface area contributed by atoms with Crippen LogP contribution in [0.3, 0.4) is 0 Å². The molecule has 5 heterocycles. The molecule has 3 saturated carbocycles. The van der Waals surface area contributed by atoms with Gasteiger partial charge in [0.15, 0.2) is 5.60 Å². The summed E-state index contributed by atoms with van der Waals surface area (Å²) in [7, 11) is 2.23. The average molecular weight is 721 g/mol. The van der Waals surface area contributed by atoms with Gasteiger partial charge in [0.25, 0.3) is 5.79 Å². The molecule has 8 aliphatic rings. The lowest BCUT2D eigenvalue weighted by atomic mass is 9.37. The molecule has 16 heteroatoms. The second-order valence-electron chi connectivity index (χ2n) is 15.8. The molecule has 8 rings (SSSR count). The number of hydrogen-bond donors (Lipinski definition) is 3. The van der Waals surface area contributed by atoms with Gasteiger partial charge in [-0.05, 0) is 33.3 Å². The van der Waals surface area contributed by atoms with Crippen molar-refractivity contribution in [1.29, 1.82) is 0 Å². The first-order valence-corrected chi connectivity index (χ1v) is 17.2. The van der Waals surface area contributed by atoms with E-state index in [0.717, 1.165) is 14.2 Å². The molecule has 2 bridgehead atoms. The van der Waals surface area contributed by atoms with E-state index in [1.807, 2.05) is 0 Å². The quantitative estimate of drug-likeness (QED) is 0.140. The van der Waals surface area contributed by atoms with Gasteiger partial charge >= 0.3 is 23.9 Å². The van der Waals surface area contributed by atoms with Gasteiger partial charge in [-0.2, -0.15) is 0 Å². The zero-order chi connectivity index (χ0) is 36.9. The number of carbonyl (C=O) groups excluding carboxylic acids is 4. The van der Waals surface area contributed by atoms with Gasteiger partial charge in [-0.3, -0.25) is 9.59 Å². The fourth-order valence-corrected chi connectivity index (χ4v) is 12.2. The molecule has 51 heavy (non-hydrogen) atoms. The molecule has 0 radical (unpaired) electrons. The molecule has 0 aromatic carbocycles. The van der Waals surface area contributed by atoms with E-state index < -0.39 is 130 Å². The SMILES string of the molecule is CC=C(C)C(=O)O[C@H]1C[C@@H](OC(C)=O)[C@@]2(C(=O)OC)CO[C@@H]3C2[C@]12COC(O)(C(=O)OC)[C@H]2[C@](C)(C12OC1(C)C1C[C@H]2O[C@@H]2OC=CC12O)[C@@H]3O. The minimum absolute atomic E-state index is 0.235. The van der Waals surface area contributed by atoms with Crippen LogP contribution in [0.4, 0.5) is 0 Å². The Morgan fingerprint density at radius 2 is 1.67 bits per heavy atom. The fraction of sp³-hybridized carbons (Fsp3) is 0.771. The van der Waals surface area contributed by atoms with Crippen LogP contribution in [-0.2, 0) is 61.8 Å². The van der Waals surface area contributed by atoms with E-state index >= 15 is 0 Å². The lowest BCUT2D eigenvalue weighted by Gasteiger charge is -2.65. The van der Waals surface area contributed by atoms with Gasteiger partial charge < -0.3 is 58.0 Å². The van der Waals surface area contributed by atoms with E-state index in [1.54, 1.807) is 33.8 Å². The van der Waals surface area contributed by atoms with E-state index in [0.29, 0.717) is 0 Å². The number of methoxy groups -OCH3 is 2. The maximum Gasteiger partial charge on any atom is 0.366 e. The normalized spacial score (nSPS) is 53.9. The number of fused-ring (bicyclic) bond motifs is 7. The summed E-state index contributed by atoms with van der Waals surface area (Å²) < 4.78 is 54.0. The number of hydrogen-bond acceptors (Lipinski definition) is 16. The van der Waals surface area contributed by atoms with E-state index in [2.05, 4.69) is 0 Å². The van der Waals surface area contributed by atoms with Crippen molar-refractivity contribution in [2.45, 2.75) is 107 Å². The van der Waals surface area contributed by atoms with Crippen molar-refractivity contribution < 1.29 is 77.1 Å². The molecule has 16 nitrogen and oxygen atoms in total. The highest BCUT2D eigenvalue weighted by atomic mass is 16.7. The molecule has 7 fully saturated rings. The second kappa shape index (κ2) is 10.5. The summed E-state index contributed by atoms with van der Waals surface area (Å²) in [5, 5.41) is 37.4. The largest absolute Gasteiger partial charge is 0.469 e. The number of aliphatic hydroxyl groups excluding tert-OH is 1. The van der Waals surface area contributed by atoms with Gasteiger partial charge in [-0.1, -0.05) is 13.0 Å².